The maximum Gasteiger partial charge on any atom is 0.255 e. The lowest BCUT2D eigenvalue weighted by Gasteiger charge is -2.10. The maximum atomic E-state index is 12.2. The summed E-state index contributed by atoms with van der Waals surface area (Å²) in [6.07, 6.45) is 0.858. The lowest BCUT2D eigenvalue weighted by molar-refractivity contribution is 0.102. The molecule has 0 fully saturated rings. The van der Waals surface area contributed by atoms with E-state index in [9.17, 15) is 4.79 Å². The number of hydrogen-bond donors (Lipinski definition) is 1. The van der Waals surface area contributed by atoms with Crippen molar-refractivity contribution >= 4 is 11.6 Å². The van der Waals surface area contributed by atoms with Gasteiger partial charge in [0.25, 0.3) is 5.91 Å². The van der Waals surface area contributed by atoms with Crippen LogP contribution in [0.2, 0.25) is 0 Å². The number of benzene rings is 2. The quantitative estimate of drug-likeness (QED) is 0.867. The van der Waals surface area contributed by atoms with Crippen molar-refractivity contribution in [2.75, 3.05) is 5.32 Å². The Balaban J connectivity index is 2.25. The van der Waals surface area contributed by atoms with Crippen LogP contribution < -0.4 is 5.32 Å². The molecule has 2 heteroatoms. The zero-order valence-electron chi connectivity index (χ0n) is 10.7. The molecule has 1 N–H and O–H groups in total. The van der Waals surface area contributed by atoms with E-state index in [2.05, 4.69) is 12.2 Å². The molecule has 92 valence electrons. The third kappa shape index (κ3) is 2.59. The van der Waals surface area contributed by atoms with Gasteiger partial charge in [-0.3, -0.25) is 4.79 Å². The maximum absolute atomic E-state index is 12.2. The Labute approximate surface area is 108 Å². The van der Waals surface area contributed by atoms with Crippen LogP contribution in [0.4, 0.5) is 5.69 Å². The summed E-state index contributed by atoms with van der Waals surface area (Å²) in [5, 5.41) is 2.96. The summed E-state index contributed by atoms with van der Waals surface area (Å²) < 4.78 is 0. The van der Waals surface area contributed by atoms with Gasteiger partial charge in [-0.2, -0.15) is 0 Å². The first-order chi connectivity index (χ1) is 8.72. The zero-order chi connectivity index (χ0) is 13.0. The molecule has 0 unspecified atom stereocenters. The fourth-order valence-electron chi connectivity index (χ4n) is 1.95. The van der Waals surface area contributed by atoms with Crippen LogP contribution in [0.1, 0.15) is 28.4 Å². The van der Waals surface area contributed by atoms with Crippen molar-refractivity contribution in [3.8, 4) is 0 Å². The standard InChI is InChI=1S/C16H17NO/c1-3-13-9-5-6-10-14(13)16(18)17-15-11-7-4-8-12(15)2/h4-11H,3H2,1-2H3,(H,17,18). The van der Waals surface area contributed by atoms with Gasteiger partial charge in [-0.1, -0.05) is 43.3 Å². The van der Waals surface area contributed by atoms with Gasteiger partial charge in [0, 0.05) is 11.3 Å². The molecular formula is C16H17NO. The van der Waals surface area contributed by atoms with Crippen LogP contribution in [-0.4, -0.2) is 5.91 Å². The Morgan fingerprint density at radius 3 is 2.44 bits per heavy atom. The SMILES string of the molecule is CCc1ccccc1C(=O)Nc1ccccc1C. The Morgan fingerprint density at radius 2 is 1.72 bits per heavy atom. The molecule has 0 aliphatic carbocycles. The second-order valence-corrected chi connectivity index (χ2v) is 4.28. The van der Waals surface area contributed by atoms with Crippen molar-refractivity contribution in [2.24, 2.45) is 0 Å². The van der Waals surface area contributed by atoms with Crippen molar-refractivity contribution in [1.82, 2.24) is 0 Å². The average molecular weight is 239 g/mol. The van der Waals surface area contributed by atoms with E-state index in [-0.39, 0.29) is 5.91 Å². The molecular weight excluding hydrogens is 222 g/mol. The van der Waals surface area contributed by atoms with E-state index in [0.29, 0.717) is 0 Å². The van der Waals surface area contributed by atoms with Crippen molar-refractivity contribution in [2.45, 2.75) is 20.3 Å². The number of anilines is 1. The lowest BCUT2D eigenvalue weighted by atomic mass is 10.0. The van der Waals surface area contributed by atoms with E-state index >= 15 is 0 Å². The molecule has 2 rings (SSSR count). The number of nitrogens with one attached hydrogen (secondary N) is 1. The smallest absolute Gasteiger partial charge is 0.255 e. The van der Waals surface area contributed by atoms with Gasteiger partial charge in [0.05, 0.1) is 0 Å². The van der Waals surface area contributed by atoms with Crippen LogP contribution in [0.15, 0.2) is 48.5 Å². The number of amides is 1. The molecule has 2 aromatic rings. The summed E-state index contributed by atoms with van der Waals surface area (Å²) >= 11 is 0. The summed E-state index contributed by atoms with van der Waals surface area (Å²) in [5.41, 5.74) is 3.76. The molecule has 1 amide bonds. The number of hydrogen-bond acceptors (Lipinski definition) is 1. The van der Waals surface area contributed by atoms with E-state index in [1.807, 2.05) is 55.5 Å². The van der Waals surface area contributed by atoms with Crippen LogP contribution >= 0.6 is 0 Å². The first-order valence-corrected chi connectivity index (χ1v) is 6.17. The summed E-state index contributed by atoms with van der Waals surface area (Å²) in [5.74, 6) is -0.0400. The van der Waals surface area contributed by atoms with E-state index in [0.717, 1.165) is 28.8 Å². The molecule has 0 aliphatic rings. The van der Waals surface area contributed by atoms with Gasteiger partial charge in [0.15, 0.2) is 0 Å². The molecule has 0 heterocycles. The minimum Gasteiger partial charge on any atom is -0.322 e. The van der Waals surface area contributed by atoms with Gasteiger partial charge in [-0.25, -0.2) is 0 Å². The highest BCUT2D eigenvalue weighted by atomic mass is 16.1. The molecule has 0 aromatic heterocycles. The minimum absolute atomic E-state index is 0.0400. The molecule has 0 spiro atoms. The second kappa shape index (κ2) is 5.50. The lowest BCUT2D eigenvalue weighted by Crippen LogP contribution is -2.14. The van der Waals surface area contributed by atoms with Gasteiger partial charge in [-0.15, -0.1) is 0 Å². The summed E-state index contributed by atoms with van der Waals surface area (Å²) in [7, 11) is 0. The number of para-hydroxylation sites is 1. The summed E-state index contributed by atoms with van der Waals surface area (Å²) in [6.45, 7) is 4.04. The number of aryl methyl sites for hydroxylation is 2. The van der Waals surface area contributed by atoms with E-state index in [4.69, 9.17) is 0 Å². The van der Waals surface area contributed by atoms with Crippen LogP contribution in [0.3, 0.4) is 0 Å². The number of carbonyl (C=O) groups is 1. The van der Waals surface area contributed by atoms with E-state index in [1.54, 1.807) is 0 Å². The molecule has 18 heavy (non-hydrogen) atoms. The Hall–Kier alpha value is -2.09. The van der Waals surface area contributed by atoms with Crippen LogP contribution in [0, 0.1) is 6.92 Å². The highest BCUT2D eigenvalue weighted by Gasteiger charge is 2.10. The average Bonchev–Trinajstić information content (AvgIpc) is 2.41. The first-order valence-electron chi connectivity index (χ1n) is 6.17. The highest BCUT2D eigenvalue weighted by Crippen LogP contribution is 2.16. The fraction of sp³-hybridized carbons (Fsp3) is 0.188. The van der Waals surface area contributed by atoms with Gasteiger partial charge in [0.1, 0.15) is 0 Å². The van der Waals surface area contributed by atoms with Crippen LogP contribution in [-0.2, 0) is 6.42 Å². The van der Waals surface area contributed by atoms with Crippen molar-refractivity contribution in [1.29, 1.82) is 0 Å². The van der Waals surface area contributed by atoms with Crippen molar-refractivity contribution in [3.05, 3.63) is 65.2 Å². The Morgan fingerprint density at radius 1 is 1.06 bits per heavy atom. The second-order valence-electron chi connectivity index (χ2n) is 4.28. The normalized spacial score (nSPS) is 10.1. The van der Waals surface area contributed by atoms with Gasteiger partial charge < -0.3 is 5.32 Å². The Bertz CT molecular complexity index is 561. The van der Waals surface area contributed by atoms with E-state index < -0.39 is 0 Å². The molecule has 0 bridgehead atoms. The minimum atomic E-state index is -0.0400. The molecule has 0 saturated carbocycles. The largest absolute Gasteiger partial charge is 0.322 e. The topological polar surface area (TPSA) is 29.1 Å². The van der Waals surface area contributed by atoms with Gasteiger partial charge >= 0.3 is 0 Å². The summed E-state index contributed by atoms with van der Waals surface area (Å²) in [6, 6.07) is 15.5. The van der Waals surface area contributed by atoms with Crippen molar-refractivity contribution < 1.29 is 4.79 Å². The highest BCUT2D eigenvalue weighted by molar-refractivity contribution is 6.05. The van der Waals surface area contributed by atoms with Crippen molar-refractivity contribution in [3.63, 3.8) is 0 Å². The molecule has 0 radical (unpaired) electrons. The van der Waals surface area contributed by atoms with Crippen LogP contribution in [0.5, 0.6) is 0 Å². The predicted molar refractivity (Wildman–Crippen MR) is 75.0 cm³/mol. The van der Waals surface area contributed by atoms with Gasteiger partial charge in [-0.05, 0) is 36.6 Å². The van der Waals surface area contributed by atoms with Gasteiger partial charge in [0.2, 0.25) is 0 Å². The summed E-state index contributed by atoms with van der Waals surface area (Å²) in [4.78, 5) is 12.2. The van der Waals surface area contributed by atoms with Crippen LogP contribution in [0.25, 0.3) is 0 Å². The first kappa shape index (κ1) is 12.4. The molecule has 2 aromatic carbocycles. The fourth-order valence-corrected chi connectivity index (χ4v) is 1.95. The Kier molecular flexibility index (Phi) is 3.78. The molecule has 0 saturated heterocycles. The third-order valence-electron chi connectivity index (χ3n) is 3.04. The predicted octanol–water partition coefficient (Wildman–Crippen LogP) is 3.81. The molecule has 0 aliphatic heterocycles. The number of carbonyl (C=O) groups excluding carboxylic acids is 1. The van der Waals surface area contributed by atoms with E-state index in [1.165, 1.54) is 0 Å². The third-order valence-corrected chi connectivity index (χ3v) is 3.04. The number of rotatable bonds is 3. The molecule has 2 nitrogen and oxygen atoms in total. The monoisotopic (exact) mass is 239 g/mol. The zero-order valence-corrected chi connectivity index (χ0v) is 10.7. The molecule has 0 atom stereocenters.